The molecule has 0 aliphatic heterocycles. The van der Waals surface area contributed by atoms with E-state index in [1.807, 2.05) is 6.92 Å². The van der Waals surface area contributed by atoms with E-state index >= 15 is 0 Å². The highest BCUT2D eigenvalue weighted by Gasteiger charge is 2.22. The van der Waals surface area contributed by atoms with Crippen LogP contribution >= 0.6 is 15.9 Å². The van der Waals surface area contributed by atoms with Crippen LogP contribution in [0.2, 0.25) is 0 Å². The Hall–Kier alpha value is -1.33. The summed E-state index contributed by atoms with van der Waals surface area (Å²) in [7, 11) is 0. The molecule has 2 aromatic rings. The van der Waals surface area contributed by atoms with Gasteiger partial charge in [0.25, 0.3) is 0 Å². The molecule has 2 rings (SSSR count). The maximum Gasteiger partial charge on any atom is 0.146 e. The summed E-state index contributed by atoms with van der Waals surface area (Å²) < 4.78 is 27.5. The van der Waals surface area contributed by atoms with Gasteiger partial charge in [-0.05, 0) is 52.7 Å². The predicted octanol–water partition coefficient (Wildman–Crippen LogP) is 3.51. The Morgan fingerprint density at radius 2 is 2.00 bits per heavy atom. The molecule has 1 atom stereocenters. The van der Waals surface area contributed by atoms with E-state index in [1.165, 1.54) is 12.3 Å². The summed E-state index contributed by atoms with van der Waals surface area (Å²) in [5.41, 5.74) is 0.670. The molecule has 1 N–H and O–H groups in total. The van der Waals surface area contributed by atoms with Gasteiger partial charge < -0.3 is 5.11 Å². The molecule has 94 valence electrons. The van der Waals surface area contributed by atoms with Crippen molar-refractivity contribution in [1.82, 2.24) is 4.98 Å². The topological polar surface area (TPSA) is 33.1 Å². The molecular formula is C13H10BrF2NO. The molecule has 1 aromatic heterocycles. The Kier molecular flexibility index (Phi) is 3.73. The minimum atomic E-state index is -1.43. The van der Waals surface area contributed by atoms with Gasteiger partial charge in [0.2, 0.25) is 0 Å². The van der Waals surface area contributed by atoms with Crippen molar-refractivity contribution in [3.63, 3.8) is 0 Å². The second-order valence-corrected chi connectivity index (χ2v) is 4.77. The summed E-state index contributed by atoms with van der Waals surface area (Å²) in [4.78, 5) is 3.93. The van der Waals surface area contributed by atoms with Crippen molar-refractivity contribution in [1.29, 1.82) is 0 Å². The van der Waals surface area contributed by atoms with Crippen LogP contribution in [0.4, 0.5) is 8.78 Å². The average Bonchev–Trinajstić information content (AvgIpc) is 2.34. The average molecular weight is 314 g/mol. The van der Waals surface area contributed by atoms with Crippen molar-refractivity contribution in [2.45, 2.75) is 13.0 Å². The van der Waals surface area contributed by atoms with Crippen molar-refractivity contribution in [3.05, 3.63) is 63.4 Å². The molecule has 0 fully saturated rings. The van der Waals surface area contributed by atoms with Crippen LogP contribution in [-0.4, -0.2) is 10.1 Å². The highest BCUT2D eigenvalue weighted by Crippen LogP contribution is 2.29. The number of aromatic nitrogens is 1. The SMILES string of the molecule is Cc1ccnc(C(O)c2c(F)ccc(Br)c2F)c1. The van der Waals surface area contributed by atoms with Gasteiger partial charge in [0.15, 0.2) is 0 Å². The van der Waals surface area contributed by atoms with Gasteiger partial charge in [-0.2, -0.15) is 0 Å². The Labute approximate surface area is 111 Å². The maximum atomic E-state index is 13.8. The van der Waals surface area contributed by atoms with Crippen LogP contribution in [0.5, 0.6) is 0 Å². The second kappa shape index (κ2) is 5.12. The number of halogens is 3. The zero-order valence-electron chi connectivity index (χ0n) is 9.49. The van der Waals surface area contributed by atoms with E-state index < -0.39 is 23.3 Å². The number of aryl methyl sites for hydroxylation is 1. The van der Waals surface area contributed by atoms with E-state index in [0.29, 0.717) is 0 Å². The molecule has 0 saturated carbocycles. The molecule has 1 unspecified atom stereocenters. The molecule has 0 aliphatic carbocycles. The van der Waals surface area contributed by atoms with Crippen molar-refractivity contribution < 1.29 is 13.9 Å². The lowest BCUT2D eigenvalue weighted by atomic mass is 10.0. The van der Waals surface area contributed by atoms with Gasteiger partial charge in [-0.15, -0.1) is 0 Å². The lowest BCUT2D eigenvalue weighted by Crippen LogP contribution is -2.08. The van der Waals surface area contributed by atoms with Crippen LogP contribution in [0.15, 0.2) is 34.9 Å². The molecule has 1 aromatic carbocycles. The van der Waals surface area contributed by atoms with Crippen LogP contribution in [0, 0.1) is 18.6 Å². The lowest BCUT2D eigenvalue weighted by molar-refractivity contribution is 0.204. The number of hydrogen-bond donors (Lipinski definition) is 1. The molecule has 0 radical (unpaired) electrons. The van der Waals surface area contributed by atoms with E-state index in [2.05, 4.69) is 20.9 Å². The zero-order chi connectivity index (χ0) is 13.3. The van der Waals surface area contributed by atoms with E-state index in [9.17, 15) is 13.9 Å². The van der Waals surface area contributed by atoms with Gasteiger partial charge in [0.05, 0.1) is 15.7 Å². The Morgan fingerprint density at radius 1 is 1.28 bits per heavy atom. The summed E-state index contributed by atoms with van der Waals surface area (Å²) >= 11 is 2.96. The number of aliphatic hydroxyl groups excluding tert-OH is 1. The minimum absolute atomic E-state index is 0.102. The molecule has 0 bridgehead atoms. The van der Waals surface area contributed by atoms with Crippen molar-refractivity contribution in [2.24, 2.45) is 0 Å². The Morgan fingerprint density at radius 3 is 2.67 bits per heavy atom. The highest BCUT2D eigenvalue weighted by atomic mass is 79.9. The standard InChI is InChI=1S/C13H10BrF2NO/c1-7-4-5-17-10(6-7)13(18)11-9(15)3-2-8(14)12(11)16/h2-6,13,18H,1H3. The quantitative estimate of drug-likeness (QED) is 0.861. The normalized spacial score (nSPS) is 12.5. The number of pyridine rings is 1. The minimum Gasteiger partial charge on any atom is -0.382 e. The fraction of sp³-hybridized carbons (Fsp3) is 0.154. The van der Waals surface area contributed by atoms with Crippen LogP contribution in [0.3, 0.4) is 0 Å². The zero-order valence-corrected chi connectivity index (χ0v) is 11.1. The number of benzene rings is 1. The number of rotatable bonds is 2. The molecule has 5 heteroatoms. The third-order valence-electron chi connectivity index (χ3n) is 2.57. The van der Waals surface area contributed by atoms with Gasteiger partial charge in [0.1, 0.15) is 17.7 Å². The van der Waals surface area contributed by atoms with Crippen molar-refractivity contribution in [2.75, 3.05) is 0 Å². The molecule has 18 heavy (non-hydrogen) atoms. The lowest BCUT2D eigenvalue weighted by Gasteiger charge is -2.13. The van der Waals surface area contributed by atoms with Crippen molar-refractivity contribution in [3.8, 4) is 0 Å². The van der Waals surface area contributed by atoms with Crippen LogP contribution in [0.25, 0.3) is 0 Å². The van der Waals surface area contributed by atoms with Gasteiger partial charge in [0, 0.05) is 6.20 Å². The summed E-state index contributed by atoms with van der Waals surface area (Å²) in [6.45, 7) is 1.81. The van der Waals surface area contributed by atoms with Gasteiger partial charge in [-0.3, -0.25) is 4.98 Å². The molecule has 0 saturated heterocycles. The third kappa shape index (κ3) is 2.42. The Balaban J connectivity index is 2.52. The molecule has 2 nitrogen and oxygen atoms in total. The fourth-order valence-corrected chi connectivity index (χ4v) is 2.00. The third-order valence-corrected chi connectivity index (χ3v) is 3.18. The van der Waals surface area contributed by atoms with E-state index in [0.717, 1.165) is 11.6 Å². The second-order valence-electron chi connectivity index (χ2n) is 3.92. The Bertz CT molecular complexity index is 589. The predicted molar refractivity (Wildman–Crippen MR) is 67.1 cm³/mol. The van der Waals surface area contributed by atoms with Gasteiger partial charge in [-0.1, -0.05) is 0 Å². The fourth-order valence-electron chi connectivity index (χ4n) is 1.65. The number of nitrogens with zero attached hydrogens (tertiary/aromatic N) is 1. The molecule has 0 aliphatic rings. The van der Waals surface area contributed by atoms with E-state index in [4.69, 9.17) is 0 Å². The first-order chi connectivity index (χ1) is 8.50. The summed E-state index contributed by atoms with van der Waals surface area (Å²) in [5, 5.41) is 10.0. The first kappa shape index (κ1) is 13.1. The maximum absolute atomic E-state index is 13.8. The first-order valence-electron chi connectivity index (χ1n) is 5.24. The molecular weight excluding hydrogens is 304 g/mol. The van der Waals surface area contributed by atoms with Crippen molar-refractivity contribution >= 4 is 15.9 Å². The van der Waals surface area contributed by atoms with Gasteiger partial charge in [-0.25, -0.2) is 8.78 Å². The van der Waals surface area contributed by atoms with E-state index in [-0.39, 0.29) is 10.2 Å². The number of aliphatic hydroxyl groups is 1. The van der Waals surface area contributed by atoms with Crippen LogP contribution < -0.4 is 0 Å². The van der Waals surface area contributed by atoms with Crippen LogP contribution in [0.1, 0.15) is 22.9 Å². The first-order valence-corrected chi connectivity index (χ1v) is 6.04. The number of hydrogen-bond acceptors (Lipinski definition) is 2. The highest BCUT2D eigenvalue weighted by molar-refractivity contribution is 9.10. The summed E-state index contributed by atoms with van der Waals surface area (Å²) in [6.07, 6.45) is 0.0594. The summed E-state index contributed by atoms with van der Waals surface area (Å²) in [5.74, 6) is -1.61. The van der Waals surface area contributed by atoms with Crippen LogP contribution in [-0.2, 0) is 0 Å². The molecule has 0 amide bonds. The molecule has 0 spiro atoms. The monoisotopic (exact) mass is 313 g/mol. The largest absolute Gasteiger partial charge is 0.382 e. The molecule has 1 heterocycles. The smallest absolute Gasteiger partial charge is 0.146 e. The van der Waals surface area contributed by atoms with Gasteiger partial charge >= 0.3 is 0 Å². The summed E-state index contributed by atoms with van der Waals surface area (Å²) in [6, 6.07) is 5.68. The van der Waals surface area contributed by atoms with E-state index in [1.54, 1.807) is 12.1 Å².